The number of barbiturate groups is 1. The van der Waals surface area contributed by atoms with Crippen molar-refractivity contribution in [1.29, 1.82) is 0 Å². The zero-order valence-corrected chi connectivity index (χ0v) is 22.0. The molecule has 0 bridgehead atoms. The molecule has 0 radical (unpaired) electrons. The Morgan fingerprint density at radius 3 is 2.40 bits per heavy atom. The number of benzene rings is 3. The molecule has 178 valence electrons. The second-order valence-electron chi connectivity index (χ2n) is 7.62. The number of ether oxygens (including phenoxy) is 1. The Balaban J connectivity index is 1.61. The molecule has 0 atom stereocenters. The Bertz CT molecular complexity index is 1370. The predicted octanol–water partition coefficient (Wildman–Crippen LogP) is 6.56. The van der Waals surface area contributed by atoms with Crippen LogP contribution in [-0.4, -0.2) is 17.8 Å². The molecule has 0 saturated carbocycles. The third-order valence-electron chi connectivity index (χ3n) is 5.13. The number of nitrogens with zero attached hydrogens (tertiary/aromatic N) is 1. The molecule has 4 rings (SSSR count). The van der Waals surface area contributed by atoms with Crippen molar-refractivity contribution in [2.24, 2.45) is 0 Å². The molecule has 1 N–H and O–H groups in total. The van der Waals surface area contributed by atoms with E-state index in [2.05, 4.69) is 37.2 Å². The number of urea groups is 1. The zero-order chi connectivity index (χ0) is 25.3. The number of rotatable bonds is 5. The van der Waals surface area contributed by atoms with Crippen molar-refractivity contribution in [3.05, 3.63) is 96.6 Å². The fourth-order valence-electron chi connectivity index (χ4n) is 3.36. The first-order valence-corrected chi connectivity index (χ1v) is 12.1. The van der Waals surface area contributed by atoms with Gasteiger partial charge < -0.3 is 4.74 Å². The first-order valence-electron chi connectivity index (χ1n) is 10.2. The van der Waals surface area contributed by atoms with Crippen LogP contribution in [-0.2, 0) is 16.2 Å². The van der Waals surface area contributed by atoms with Crippen molar-refractivity contribution in [3.63, 3.8) is 0 Å². The van der Waals surface area contributed by atoms with Gasteiger partial charge >= 0.3 is 6.03 Å². The average molecular weight is 623 g/mol. The summed E-state index contributed by atoms with van der Waals surface area (Å²) < 4.78 is 20.2. The molecule has 1 fully saturated rings. The highest BCUT2D eigenvalue weighted by Gasteiger charge is 2.37. The van der Waals surface area contributed by atoms with Gasteiger partial charge in [-0.15, -0.1) is 0 Å². The van der Waals surface area contributed by atoms with E-state index >= 15 is 0 Å². The molecular formula is C25H16Br2ClFN2O4. The zero-order valence-electron chi connectivity index (χ0n) is 18.1. The quantitative estimate of drug-likeness (QED) is 0.259. The van der Waals surface area contributed by atoms with Gasteiger partial charge in [0.1, 0.15) is 18.0 Å². The summed E-state index contributed by atoms with van der Waals surface area (Å²) in [5, 5.41) is 2.43. The van der Waals surface area contributed by atoms with Gasteiger partial charge in [-0.3, -0.25) is 14.9 Å². The van der Waals surface area contributed by atoms with Crippen LogP contribution in [0.4, 0.5) is 14.9 Å². The lowest BCUT2D eigenvalue weighted by molar-refractivity contribution is -0.122. The number of carbonyl (C=O) groups excluding carboxylic acids is 3. The molecule has 35 heavy (non-hydrogen) atoms. The lowest BCUT2D eigenvalue weighted by Crippen LogP contribution is -2.54. The van der Waals surface area contributed by atoms with Crippen LogP contribution in [0.3, 0.4) is 0 Å². The Hall–Kier alpha value is -3.01. The Labute approximate surface area is 222 Å². The molecule has 3 aromatic carbocycles. The Morgan fingerprint density at radius 1 is 1.03 bits per heavy atom. The predicted molar refractivity (Wildman–Crippen MR) is 138 cm³/mol. The highest BCUT2D eigenvalue weighted by Crippen LogP contribution is 2.36. The maximum Gasteiger partial charge on any atom is 0.335 e. The molecule has 1 aliphatic rings. The molecule has 1 heterocycles. The summed E-state index contributed by atoms with van der Waals surface area (Å²) in [6.45, 7) is 1.98. The summed E-state index contributed by atoms with van der Waals surface area (Å²) in [4.78, 5) is 39.0. The number of halogens is 4. The number of carbonyl (C=O) groups is 3. The van der Waals surface area contributed by atoms with Crippen molar-refractivity contribution in [2.75, 3.05) is 4.90 Å². The highest BCUT2D eigenvalue weighted by atomic mass is 79.9. The molecule has 0 aromatic heterocycles. The van der Waals surface area contributed by atoms with Crippen LogP contribution in [0.15, 0.2) is 69.1 Å². The second-order valence-corrected chi connectivity index (χ2v) is 9.74. The summed E-state index contributed by atoms with van der Waals surface area (Å²) in [7, 11) is 0. The topological polar surface area (TPSA) is 75.7 Å². The van der Waals surface area contributed by atoms with Gasteiger partial charge in [-0.05, 0) is 88.1 Å². The van der Waals surface area contributed by atoms with E-state index in [1.54, 1.807) is 36.4 Å². The number of hydrogen-bond donors (Lipinski definition) is 1. The standard InChI is InChI=1S/C25H16Br2ClFN2O4/c1-13-8-17(6-7-19(13)26)31-24(33)18(23(32)30-25(31)34)9-15-10-20(27)22(21(28)11-15)35-12-14-2-4-16(29)5-3-14/h2-11H,12H2,1H3,(H,30,32,34)/b18-9+. The van der Waals surface area contributed by atoms with Crippen LogP contribution in [0.2, 0.25) is 5.02 Å². The Morgan fingerprint density at radius 2 is 1.74 bits per heavy atom. The van der Waals surface area contributed by atoms with Gasteiger partial charge in [0.25, 0.3) is 11.8 Å². The van der Waals surface area contributed by atoms with Gasteiger partial charge in [-0.2, -0.15) is 0 Å². The largest absolute Gasteiger partial charge is 0.486 e. The van der Waals surface area contributed by atoms with E-state index in [1.807, 2.05) is 6.92 Å². The molecular weight excluding hydrogens is 607 g/mol. The number of imide groups is 2. The second kappa shape index (κ2) is 10.3. The maximum absolute atomic E-state index is 13.1. The third kappa shape index (κ3) is 5.47. The fraction of sp³-hybridized carbons (Fsp3) is 0.0800. The third-order valence-corrected chi connectivity index (χ3v) is 6.89. The average Bonchev–Trinajstić information content (AvgIpc) is 2.79. The van der Waals surface area contributed by atoms with Gasteiger partial charge in [0.15, 0.2) is 5.75 Å². The molecule has 1 saturated heterocycles. The van der Waals surface area contributed by atoms with Crippen LogP contribution in [0.5, 0.6) is 5.75 Å². The van der Waals surface area contributed by atoms with Gasteiger partial charge in [-0.1, -0.05) is 39.7 Å². The lowest BCUT2D eigenvalue weighted by atomic mass is 10.1. The molecule has 0 aliphatic carbocycles. The summed E-state index contributed by atoms with van der Waals surface area (Å²) in [5.74, 6) is -1.57. The normalized spacial score (nSPS) is 14.9. The number of anilines is 1. The monoisotopic (exact) mass is 620 g/mol. The Kier molecular flexibility index (Phi) is 7.39. The van der Waals surface area contributed by atoms with Crippen molar-refractivity contribution in [1.82, 2.24) is 5.32 Å². The molecule has 10 heteroatoms. The molecule has 6 nitrogen and oxygen atoms in total. The fourth-order valence-corrected chi connectivity index (χ4v) is 4.60. The van der Waals surface area contributed by atoms with Gasteiger partial charge in [0, 0.05) is 4.47 Å². The first-order chi connectivity index (χ1) is 16.6. The number of hydrogen-bond acceptors (Lipinski definition) is 4. The summed E-state index contributed by atoms with van der Waals surface area (Å²) in [5.41, 5.74) is 2.11. The molecule has 0 spiro atoms. The van der Waals surface area contributed by atoms with Crippen molar-refractivity contribution in [3.8, 4) is 5.75 Å². The van der Waals surface area contributed by atoms with Crippen LogP contribution in [0.25, 0.3) is 6.08 Å². The number of nitrogens with one attached hydrogen (secondary N) is 1. The number of amides is 4. The minimum Gasteiger partial charge on any atom is -0.486 e. The molecule has 1 aliphatic heterocycles. The van der Waals surface area contributed by atoms with Crippen LogP contribution >= 0.6 is 43.5 Å². The van der Waals surface area contributed by atoms with Crippen molar-refractivity contribution < 1.29 is 23.5 Å². The first kappa shape index (κ1) is 25.1. The number of aryl methyl sites for hydroxylation is 1. The maximum atomic E-state index is 13.1. The summed E-state index contributed by atoms with van der Waals surface area (Å²) >= 11 is 13.2. The van der Waals surface area contributed by atoms with E-state index in [1.165, 1.54) is 24.3 Å². The van der Waals surface area contributed by atoms with Crippen molar-refractivity contribution >= 4 is 73.1 Å². The van der Waals surface area contributed by atoms with E-state index in [4.69, 9.17) is 16.3 Å². The lowest BCUT2D eigenvalue weighted by Gasteiger charge is -2.26. The van der Waals surface area contributed by atoms with E-state index in [0.29, 0.717) is 21.5 Å². The summed E-state index contributed by atoms with van der Waals surface area (Å²) in [6, 6.07) is 13.2. The van der Waals surface area contributed by atoms with Crippen LogP contribution in [0, 0.1) is 12.7 Å². The molecule has 4 amide bonds. The minimum absolute atomic E-state index is 0.156. The van der Waals surface area contributed by atoms with E-state index < -0.39 is 17.8 Å². The van der Waals surface area contributed by atoms with Gasteiger partial charge in [0.05, 0.1) is 15.2 Å². The smallest absolute Gasteiger partial charge is 0.335 e. The van der Waals surface area contributed by atoms with E-state index in [0.717, 1.165) is 20.5 Å². The van der Waals surface area contributed by atoms with Gasteiger partial charge in [-0.25, -0.2) is 14.1 Å². The van der Waals surface area contributed by atoms with Crippen molar-refractivity contribution in [2.45, 2.75) is 13.5 Å². The SMILES string of the molecule is Cc1cc(N2C(=O)NC(=O)/C(=C\c3cc(Cl)c(OCc4ccc(F)cc4)c(Br)c3)C2=O)ccc1Br. The molecule has 0 unspecified atom stereocenters. The highest BCUT2D eigenvalue weighted by molar-refractivity contribution is 9.10. The minimum atomic E-state index is -0.831. The van der Waals surface area contributed by atoms with E-state index in [-0.39, 0.29) is 23.0 Å². The van der Waals surface area contributed by atoms with Gasteiger partial charge in [0.2, 0.25) is 0 Å². The van der Waals surface area contributed by atoms with Crippen LogP contribution < -0.4 is 15.0 Å². The van der Waals surface area contributed by atoms with Crippen LogP contribution in [0.1, 0.15) is 16.7 Å². The van der Waals surface area contributed by atoms with E-state index in [9.17, 15) is 18.8 Å². The summed E-state index contributed by atoms with van der Waals surface area (Å²) in [6.07, 6.45) is 1.35. The molecule has 3 aromatic rings.